The SMILES string of the molecule is C[C@H](CC(=O)Nc1ccc(NS(C)(=O)=O)cc1)c1ccc(C(F)(F)F)cc1. The molecule has 0 fully saturated rings. The molecule has 0 radical (unpaired) electrons. The smallest absolute Gasteiger partial charge is 0.326 e. The van der Waals surface area contributed by atoms with Crippen LogP contribution in [0, 0.1) is 0 Å². The van der Waals surface area contributed by atoms with Crippen LogP contribution in [0.5, 0.6) is 0 Å². The third kappa shape index (κ3) is 6.59. The summed E-state index contributed by atoms with van der Waals surface area (Å²) in [5.41, 5.74) is 0.754. The van der Waals surface area contributed by atoms with Gasteiger partial charge in [-0.05, 0) is 47.9 Å². The molecule has 0 heterocycles. The lowest BCUT2D eigenvalue weighted by Gasteiger charge is -2.14. The van der Waals surface area contributed by atoms with Crippen LogP contribution in [0.2, 0.25) is 0 Å². The molecule has 0 unspecified atom stereocenters. The van der Waals surface area contributed by atoms with Crippen molar-refractivity contribution >= 4 is 27.3 Å². The maximum atomic E-state index is 12.6. The summed E-state index contributed by atoms with van der Waals surface area (Å²) in [7, 11) is -3.38. The molecule has 2 aromatic rings. The van der Waals surface area contributed by atoms with Crippen LogP contribution in [-0.4, -0.2) is 20.6 Å². The number of nitrogens with one attached hydrogen (secondary N) is 2. The molecule has 9 heteroatoms. The molecule has 0 aromatic heterocycles. The summed E-state index contributed by atoms with van der Waals surface area (Å²) in [6.45, 7) is 1.75. The number of hydrogen-bond acceptors (Lipinski definition) is 3. The van der Waals surface area contributed by atoms with Gasteiger partial charge in [0.1, 0.15) is 0 Å². The normalized spacial score (nSPS) is 13.1. The number of rotatable bonds is 6. The zero-order valence-corrected chi connectivity index (χ0v) is 15.5. The topological polar surface area (TPSA) is 75.3 Å². The van der Waals surface area contributed by atoms with Crippen LogP contribution in [0.4, 0.5) is 24.5 Å². The predicted octanol–water partition coefficient (Wildman–Crippen LogP) is 4.21. The van der Waals surface area contributed by atoms with E-state index in [1.54, 1.807) is 19.1 Å². The number of halogens is 3. The maximum absolute atomic E-state index is 12.6. The fourth-order valence-corrected chi connectivity index (χ4v) is 3.01. The Bertz CT molecular complexity index is 893. The van der Waals surface area contributed by atoms with Crippen LogP contribution < -0.4 is 10.0 Å². The van der Waals surface area contributed by atoms with Gasteiger partial charge < -0.3 is 5.32 Å². The summed E-state index contributed by atoms with van der Waals surface area (Å²) in [6.07, 6.45) is -3.27. The molecule has 2 N–H and O–H groups in total. The highest BCUT2D eigenvalue weighted by molar-refractivity contribution is 7.92. The molecule has 0 bridgehead atoms. The monoisotopic (exact) mass is 400 g/mol. The van der Waals surface area contributed by atoms with Crippen molar-refractivity contribution in [2.24, 2.45) is 0 Å². The molecule has 0 saturated heterocycles. The third-order valence-corrected chi connectivity index (χ3v) is 4.38. The zero-order chi connectivity index (χ0) is 20.2. The van der Waals surface area contributed by atoms with E-state index < -0.39 is 21.8 Å². The second kappa shape index (κ2) is 7.99. The summed E-state index contributed by atoms with van der Waals surface area (Å²) in [6, 6.07) is 10.8. The second-order valence-electron chi connectivity index (χ2n) is 6.22. The number of carbonyl (C=O) groups excluding carboxylic acids is 1. The summed E-state index contributed by atoms with van der Waals surface area (Å²) in [4.78, 5) is 12.1. The fourth-order valence-electron chi connectivity index (χ4n) is 2.44. The van der Waals surface area contributed by atoms with Gasteiger partial charge in [-0.2, -0.15) is 13.2 Å². The first-order valence-corrected chi connectivity index (χ1v) is 9.88. The number of sulfonamides is 1. The van der Waals surface area contributed by atoms with Crippen molar-refractivity contribution in [2.75, 3.05) is 16.3 Å². The van der Waals surface area contributed by atoms with Crippen LogP contribution in [0.3, 0.4) is 0 Å². The molecule has 0 aliphatic carbocycles. The number of alkyl halides is 3. The van der Waals surface area contributed by atoms with E-state index in [4.69, 9.17) is 0 Å². The van der Waals surface area contributed by atoms with E-state index >= 15 is 0 Å². The minimum Gasteiger partial charge on any atom is -0.326 e. The molecule has 0 aliphatic rings. The number of amides is 1. The van der Waals surface area contributed by atoms with Crippen LogP contribution in [0.15, 0.2) is 48.5 Å². The first kappa shape index (κ1) is 20.8. The Morgan fingerprint density at radius 1 is 1.00 bits per heavy atom. The quantitative estimate of drug-likeness (QED) is 0.763. The lowest BCUT2D eigenvalue weighted by Crippen LogP contribution is -2.15. The van der Waals surface area contributed by atoms with Crippen molar-refractivity contribution < 1.29 is 26.4 Å². The lowest BCUT2D eigenvalue weighted by atomic mass is 9.96. The van der Waals surface area contributed by atoms with Gasteiger partial charge in [0, 0.05) is 17.8 Å². The largest absolute Gasteiger partial charge is 0.416 e. The Labute approximate surface area is 155 Å². The van der Waals surface area contributed by atoms with Crippen molar-refractivity contribution in [2.45, 2.75) is 25.4 Å². The van der Waals surface area contributed by atoms with Crippen molar-refractivity contribution in [3.63, 3.8) is 0 Å². The highest BCUT2D eigenvalue weighted by Crippen LogP contribution is 2.30. The highest BCUT2D eigenvalue weighted by Gasteiger charge is 2.30. The first-order chi connectivity index (χ1) is 12.4. The predicted molar refractivity (Wildman–Crippen MR) is 98.0 cm³/mol. The Hall–Kier alpha value is -2.55. The second-order valence-corrected chi connectivity index (χ2v) is 7.97. The van der Waals surface area contributed by atoms with Crippen molar-refractivity contribution in [1.82, 2.24) is 0 Å². The van der Waals surface area contributed by atoms with Crippen LogP contribution in [0.1, 0.15) is 30.4 Å². The molecule has 1 atom stereocenters. The Morgan fingerprint density at radius 3 is 2.00 bits per heavy atom. The molecule has 0 aliphatic heterocycles. The summed E-state index contributed by atoms with van der Waals surface area (Å²) >= 11 is 0. The minimum atomic E-state index is -4.39. The number of benzene rings is 2. The summed E-state index contributed by atoms with van der Waals surface area (Å²) in [5.74, 6) is -0.565. The van der Waals surface area contributed by atoms with E-state index in [0.717, 1.165) is 18.4 Å². The van der Waals surface area contributed by atoms with Crippen LogP contribution in [-0.2, 0) is 21.0 Å². The van der Waals surface area contributed by atoms with Gasteiger partial charge in [0.25, 0.3) is 0 Å². The molecular formula is C18H19F3N2O3S. The Kier molecular flexibility index (Phi) is 6.15. The lowest BCUT2D eigenvalue weighted by molar-refractivity contribution is -0.137. The number of carbonyl (C=O) groups is 1. The molecule has 146 valence electrons. The summed E-state index contributed by atoms with van der Waals surface area (Å²) in [5, 5.41) is 2.67. The van der Waals surface area contributed by atoms with Gasteiger partial charge in [-0.1, -0.05) is 19.1 Å². The minimum absolute atomic E-state index is 0.0920. The van der Waals surface area contributed by atoms with Crippen molar-refractivity contribution in [3.8, 4) is 0 Å². The Morgan fingerprint density at radius 2 is 1.52 bits per heavy atom. The fraction of sp³-hybridized carbons (Fsp3) is 0.278. The van der Waals surface area contributed by atoms with Gasteiger partial charge in [0.05, 0.1) is 11.8 Å². The number of hydrogen-bond donors (Lipinski definition) is 2. The van der Waals surface area contributed by atoms with E-state index in [0.29, 0.717) is 16.9 Å². The van der Waals surface area contributed by atoms with Crippen molar-refractivity contribution in [1.29, 1.82) is 0 Å². The van der Waals surface area contributed by atoms with E-state index in [2.05, 4.69) is 10.0 Å². The molecular weight excluding hydrogens is 381 g/mol. The summed E-state index contributed by atoms with van der Waals surface area (Å²) < 4.78 is 62.4. The number of anilines is 2. The molecule has 0 saturated carbocycles. The molecule has 5 nitrogen and oxygen atoms in total. The molecule has 27 heavy (non-hydrogen) atoms. The average molecular weight is 400 g/mol. The molecule has 2 rings (SSSR count). The van der Waals surface area contributed by atoms with Crippen molar-refractivity contribution in [3.05, 3.63) is 59.7 Å². The molecule has 0 spiro atoms. The van der Waals surface area contributed by atoms with Gasteiger partial charge >= 0.3 is 6.18 Å². The highest BCUT2D eigenvalue weighted by atomic mass is 32.2. The third-order valence-electron chi connectivity index (χ3n) is 3.77. The van der Waals surface area contributed by atoms with E-state index in [1.165, 1.54) is 24.3 Å². The average Bonchev–Trinajstić information content (AvgIpc) is 2.54. The van der Waals surface area contributed by atoms with Crippen LogP contribution >= 0.6 is 0 Å². The Balaban J connectivity index is 1.95. The van der Waals surface area contributed by atoms with Crippen LogP contribution in [0.25, 0.3) is 0 Å². The van der Waals surface area contributed by atoms with Gasteiger partial charge in [0.15, 0.2) is 0 Å². The van der Waals surface area contributed by atoms with Gasteiger partial charge in [-0.15, -0.1) is 0 Å². The standard InChI is InChI=1S/C18H19F3N2O3S/c1-12(13-3-5-14(6-4-13)18(19,20)21)11-17(24)22-15-7-9-16(10-8-15)23-27(2,25)26/h3-10,12,23H,11H2,1-2H3,(H,22,24)/t12-/m1/s1. The van der Waals surface area contributed by atoms with E-state index in [1.807, 2.05) is 0 Å². The van der Waals surface area contributed by atoms with E-state index in [9.17, 15) is 26.4 Å². The zero-order valence-electron chi connectivity index (χ0n) is 14.7. The van der Waals surface area contributed by atoms with Gasteiger partial charge in [-0.25, -0.2) is 8.42 Å². The van der Waals surface area contributed by atoms with Gasteiger partial charge in [-0.3, -0.25) is 9.52 Å². The first-order valence-electron chi connectivity index (χ1n) is 7.99. The molecule has 1 amide bonds. The molecule has 2 aromatic carbocycles. The van der Waals surface area contributed by atoms with Gasteiger partial charge in [0.2, 0.25) is 15.9 Å². The van der Waals surface area contributed by atoms with E-state index in [-0.39, 0.29) is 18.2 Å². The maximum Gasteiger partial charge on any atom is 0.416 e.